The number of hydrogen-bond donors (Lipinski definition) is 0. The first-order valence-corrected chi connectivity index (χ1v) is 9.21. The molecule has 0 aliphatic carbocycles. The van der Waals surface area contributed by atoms with Crippen LogP contribution in [0.15, 0.2) is 12.4 Å². The van der Waals surface area contributed by atoms with Gasteiger partial charge >= 0.3 is 6.03 Å². The van der Waals surface area contributed by atoms with Crippen LogP contribution >= 0.6 is 11.6 Å². The quantitative estimate of drug-likeness (QED) is 0.758. The second kappa shape index (κ2) is 6.92. The first-order valence-electron chi connectivity index (χ1n) is 8.83. The number of aromatic nitrogens is 3. The van der Waals surface area contributed by atoms with Crippen LogP contribution in [-0.2, 0) is 11.3 Å². The molecule has 0 aromatic carbocycles. The summed E-state index contributed by atoms with van der Waals surface area (Å²) in [6, 6.07) is 1.94. The van der Waals surface area contributed by atoms with Crippen LogP contribution < -0.4 is 4.90 Å². The zero-order valence-corrected chi connectivity index (χ0v) is 15.8. The molecular formula is C17H23ClN6O2. The number of fused-ring (bicyclic) bond motifs is 1. The van der Waals surface area contributed by atoms with Crippen LogP contribution in [0.5, 0.6) is 0 Å². The van der Waals surface area contributed by atoms with Crippen molar-refractivity contribution in [3.05, 3.63) is 17.5 Å². The zero-order valence-electron chi connectivity index (χ0n) is 15.1. The summed E-state index contributed by atoms with van der Waals surface area (Å²) in [5.41, 5.74) is 2.67. The molecule has 0 atom stereocenters. The molecule has 0 N–H and O–H groups in total. The Bertz CT molecular complexity index is 805. The van der Waals surface area contributed by atoms with Crippen molar-refractivity contribution < 1.29 is 9.53 Å². The predicted molar refractivity (Wildman–Crippen MR) is 99.7 cm³/mol. The normalized spacial score (nSPS) is 19.7. The zero-order chi connectivity index (χ0) is 18.3. The van der Waals surface area contributed by atoms with Crippen molar-refractivity contribution in [1.29, 1.82) is 0 Å². The molecule has 0 saturated carbocycles. The Morgan fingerprint density at radius 1 is 1.23 bits per heavy atom. The highest BCUT2D eigenvalue weighted by Gasteiger charge is 2.28. The Kier molecular flexibility index (Phi) is 4.62. The molecular weight excluding hydrogens is 356 g/mol. The summed E-state index contributed by atoms with van der Waals surface area (Å²) in [6.45, 7) is 5.24. The van der Waals surface area contributed by atoms with E-state index < -0.39 is 0 Å². The minimum Gasteiger partial charge on any atom is -0.378 e. The fourth-order valence-electron chi connectivity index (χ4n) is 3.84. The summed E-state index contributed by atoms with van der Waals surface area (Å²) in [7, 11) is 3.67. The number of hydrogen-bond acceptors (Lipinski definition) is 5. The Morgan fingerprint density at radius 3 is 2.62 bits per heavy atom. The van der Waals surface area contributed by atoms with Gasteiger partial charge in [0.2, 0.25) is 0 Å². The smallest absolute Gasteiger partial charge is 0.319 e. The van der Waals surface area contributed by atoms with E-state index in [9.17, 15) is 4.79 Å². The molecule has 0 bridgehead atoms. The second-order valence-corrected chi connectivity index (χ2v) is 7.43. The van der Waals surface area contributed by atoms with Gasteiger partial charge in [-0.2, -0.15) is 0 Å². The van der Waals surface area contributed by atoms with Gasteiger partial charge in [0, 0.05) is 58.8 Å². The first-order chi connectivity index (χ1) is 12.5. The van der Waals surface area contributed by atoms with Gasteiger partial charge < -0.3 is 24.0 Å². The van der Waals surface area contributed by atoms with E-state index in [1.54, 1.807) is 9.80 Å². The van der Waals surface area contributed by atoms with E-state index in [4.69, 9.17) is 16.3 Å². The van der Waals surface area contributed by atoms with Crippen molar-refractivity contribution >= 4 is 34.5 Å². The molecule has 0 radical (unpaired) electrons. The number of pyridine rings is 1. The Morgan fingerprint density at radius 2 is 1.92 bits per heavy atom. The number of carbonyl (C=O) groups excluding carboxylic acids is 1. The Labute approximate surface area is 157 Å². The lowest BCUT2D eigenvalue weighted by atomic mass is 10.1. The molecule has 2 fully saturated rings. The fourth-order valence-corrected chi connectivity index (χ4v) is 4.02. The number of amides is 2. The van der Waals surface area contributed by atoms with Crippen molar-refractivity contribution in [2.45, 2.75) is 6.54 Å². The van der Waals surface area contributed by atoms with Crippen LogP contribution in [0.1, 0.15) is 0 Å². The standard InChI is InChI=1S/C17H23ClN6O2/c1-21-8-12(9-22(2)17(21)25)10-24-11-19-15-13(7-14(18)20-16(15)24)23-3-5-26-6-4-23/h7,11-12H,3-6,8-10H2,1-2H3. The van der Waals surface area contributed by atoms with E-state index >= 15 is 0 Å². The lowest BCUT2D eigenvalue weighted by Gasteiger charge is -2.36. The van der Waals surface area contributed by atoms with Gasteiger partial charge in [0.15, 0.2) is 5.65 Å². The van der Waals surface area contributed by atoms with Gasteiger partial charge in [-0.25, -0.2) is 14.8 Å². The number of carbonyl (C=O) groups is 1. The highest BCUT2D eigenvalue weighted by Crippen LogP contribution is 2.29. The fraction of sp³-hybridized carbons (Fsp3) is 0.588. The second-order valence-electron chi connectivity index (χ2n) is 7.04. The van der Waals surface area contributed by atoms with E-state index in [0.717, 1.165) is 49.6 Å². The maximum atomic E-state index is 11.9. The molecule has 2 aliphatic rings. The number of nitrogens with zero attached hydrogens (tertiary/aromatic N) is 6. The number of ether oxygens (including phenoxy) is 1. The molecule has 2 saturated heterocycles. The van der Waals surface area contributed by atoms with Crippen LogP contribution in [0.4, 0.5) is 10.5 Å². The van der Waals surface area contributed by atoms with Gasteiger partial charge in [-0.05, 0) is 0 Å². The maximum absolute atomic E-state index is 11.9. The first kappa shape index (κ1) is 17.4. The van der Waals surface area contributed by atoms with Crippen LogP contribution in [0.25, 0.3) is 11.2 Å². The van der Waals surface area contributed by atoms with E-state index in [2.05, 4.69) is 14.9 Å². The third-order valence-corrected chi connectivity index (χ3v) is 5.24. The third kappa shape index (κ3) is 3.19. The highest BCUT2D eigenvalue weighted by atomic mass is 35.5. The van der Waals surface area contributed by atoms with Gasteiger partial charge in [0.25, 0.3) is 0 Å². The number of rotatable bonds is 3. The Balaban J connectivity index is 1.62. The molecule has 2 aromatic rings. The van der Waals surface area contributed by atoms with Crippen LogP contribution in [0.2, 0.25) is 5.15 Å². The minimum atomic E-state index is 0.0625. The molecule has 2 aromatic heterocycles. The van der Waals surface area contributed by atoms with Crippen molar-refractivity contribution in [2.24, 2.45) is 5.92 Å². The van der Waals surface area contributed by atoms with Gasteiger partial charge in [0.05, 0.1) is 25.2 Å². The molecule has 2 aliphatic heterocycles. The van der Waals surface area contributed by atoms with Gasteiger partial charge in [-0.3, -0.25) is 0 Å². The van der Waals surface area contributed by atoms with E-state index in [1.807, 2.05) is 31.1 Å². The summed E-state index contributed by atoms with van der Waals surface area (Å²) in [5.74, 6) is 0.313. The largest absolute Gasteiger partial charge is 0.378 e. The molecule has 26 heavy (non-hydrogen) atoms. The SMILES string of the molecule is CN1CC(Cn2cnc3c(N4CCOCC4)cc(Cl)nc32)CN(C)C1=O. The molecule has 4 rings (SSSR count). The van der Waals surface area contributed by atoms with Crippen LogP contribution in [-0.4, -0.2) is 83.9 Å². The number of imidazole rings is 1. The number of morpholine rings is 1. The topological polar surface area (TPSA) is 66.7 Å². The number of anilines is 1. The van der Waals surface area contributed by atoms with Gasteiger partial charge in [-0.1, -0.05) is 11.6 Å². The third-order valence-electron chi connectivity index (χ3n) is 5.05. The molecule has 9 heteroatoms. The average Bonchev–Trinajstić information content (AvgIpc) is 3.02. The molecule has 0 spiro atoms. The molecule has 140 valence electrons. The average molecular weight is 379 g/mol. The molecule has 4 heterocycles. The number of urea groups is 1. The summed E-state index contributed by atoms with van der Waals surface area (Å²) >= 11 is 6.31. The maximum Gasteiger partial charge on any atom is 0.319 e. The summed E-state index contributed by atoms with van der Waals surface area (Å²) in [4.78, 5) is 26.8. The van der Waals surface area contributed by atoms with Crippen molar-refractivity contribution in [2.75, 3.05) is 58.4 Å². The highest BCUT2D eigenvalue weighted by molar-refractivity contribution is 6.30. The lowest BCUT2D eigenvalue weighted by molar-refractivity contribution is 0.122. The van der Waals surface area contributed by atoms with Crippen molar-refractivity contribution in [3.8, 4) is 0 Å². The summed E-state index contributed by atoms with van der Waals surface area (Å²) in [6.07, 6.45) is 1.83. The minimum absolute atomic E-state index is 0.0625. The van der Waals surface area contributed by atoms with Gasteiger partial charge in [-0.15, -0.1) is 0 Å². The predicted octanol–water partition coefficient (Wildman–Crippen LogP) is 1.53. The van der Waals surface area contributed by atoms with E-state index in [0.29, 0.717) is 24.3 Å². The number of halogens is 1. The molecule has 2 amide bonds. The van der Waals surface area contributed by atoms with Crippen molar-refractivity contribution in [1.82, 2.24) is 24.3 Å². The Hall–Kier alpha value is -2.06. The van der Waals surface area contributed by atoms with Gasteiger partial charge in [0.1, 0.15) is 10.7 Å². The summed E-state index contributed by atoms with van der Waals surface area (Å²) < 4.78 is 7.49. The molecule has 0 unspecified atom stereocenters. The van der Waals surface area contributed by atoms with E-state index in [-0.39, 0.29) is 6.03 Å². The molecule has 8 nitrogen and oxygen atoms in total. The van der Waals surface area contributed by atoms with Crippen LogP contribution in [0, 0.1) is 5.92 Å². The van der Waals surface area contributed by atoms with Crippen molar-refractivity contribution in [3.63, 3.8) is 0 Å². The summed E-state index contributed by atoms with van der Waals surface area (Å²) in [5, 5.41) is 0.466. The lowest BCUT2D eigenvalue weighted by Crippen LogP contribution is -2.50. The van der Waals surface area contributed by atoms with E-state index in [1.165, 1.54) is 0 Å². The monoisotopic (exact) mass is 378 g/mol. The van der Waals surface area contributed by atoms with Crippen LogP contribution in [0.3, 0.4) is 0 Å².